The minimum atomic E-state index is -0.208. The van der Waals surface area contributed by atoms with E-state index >= 15 is 0 Å². The SMILES string of the molecule is CCCCOC(CBr)c1ccc(F)cc1. The molecule has 0 radical (unpaired) electrons. The number of hydrogen-bond acceptors (Lipinski definition) is 1. The van der Waals surface area contributed by atoms with Crippen LogP contribution in [0.25, 0.3) is 0 Å². The van der Waals surface area contributed by atoms with Crippen LogP contribution in [0, 0.1) is 5.82 Å². The van der Waals surface area contributed by atoms with E-state index in [1.807, 2.05) is 0 Å². The lowest BCUT2D eigenvalue weighted by Gasteiger charge is -2.15. The Bertz CT molecular complexity index is 273. The monoisotopic (exact) mass is 274 g/mol. The van der Waals surface area contributed by atoms with Gasteiger partial charge >= 0.3 is 0 Å². The fourth-order valence-corrected chi connectivity index (χ4v) is 1.84. The lowest BCUT2D eigenvalue weighted by molar-refractivity contribution is 0.0677. The number of unbranched alkanes of at least 4 members (excludes halogenated alkanes) is 1. The van der Waals surface area contributed by atoms with E-state index in [4.69, 9.17) is 4.74 Å². The molecule has 15 heavy (non-hydrogen) atoms. The number of alkyl halides is 1. The molecule has 1 nitrogen and oxygen atoms in total. The molecule has 0 bridgehead atoms. The molecule has 0 saturated heterocycles. The summed E-state index contributed by atoms with van der Waals surface area (Å²) < 4.78 is 18.4. The zero-order valence-corrected chi connectivity index (χ0v) is 10.5. The van der Waals surface area contributed by atoms with Crippen LogP contribution in [0.2, 0.25) is 0 Å². The van der Waals surface area contributed by atoms with Crippen molar-refractivity contribution in [2.45, 2.75) is 25.9 Å². The summed E-state index contributed by atoms with van der Waals surface area (Å²) in [5, 5.41) is 0.738. The molecule has 0 amide bonds. The summed E-state index contributed by atoms with van der Waals surface area (Å²) in [6, 6.07) is 6.47. The summed E-state index contributed by atoms with van der Waals surface area (Å²) in [5.74, 6) is -0.208. The summed E-state index contributed by atoms with van der Waals surface area (Å²) >= 11 is 3.40. The molecule has 0 spiro atoms. The van der Waals surface area contributed by atoms with E-state index < -0.39 is 0 Å². The highest BCUT2D eigenvalue weighted by atomic mass is 79.9. The van der Waals surface area contributed by atoms with Gasteiger partial charge in [0.15, 0.2) is 0 Å². The zero-order chi connectivity index (χ0) is 11.1. The van der Waals surface area contributed by atoms with Crippen molar-refractivity contribution in [3.63, 3.8) is 0 Å². The quantitative estimate of drug-likeness (QED) is 0.561. The fraction of sp³-hybridized carbons (Fsp3) is 0.500. The minimum Gasteiger partial charge on any atom is -0.373 e. The van der Waals surface area contributed by atoms with Gasteiger partial charge in [-0.15, -0.1) is 0 Å². The van der Waals surface area contributed by atoms with Gasteiger partial charge in [0.1, 0.15) is 5.82 Å². The molecular weight excluding hydrogens is 259 g/mol. The minimum absolute atomic E-state index is 0.0251. The molecule has 0 N–H and O–H groups in total. The van der Waals surface area contributed by atoms with E-state index in [-0.39, 0.29) is 11.9 Å². The van der Waals surface area contributed by atoms with Gasteiger partial charge in [0.2, 0.25) is 0 Å². The van der Waals surface area contributed by atoms with Crippen LogP contribution in [-0.2, 0) is 4.74 Å². The van der Waals surface area contributed by atoms with E-state index in [1.54, 1.807) is 12.1 Å². The first kappa shape index (κ1) is 12.7. The van der Waals surface area contributed by atoms with Gasteiger partial charge in [0.05, 0.1) is 6.10 Å². The topological polar surface area (TPSA) is 9.23 Å². The molecule has 1 aromatic rings. The predicted molar refractivity (Wildman–Crippen MR) is 63.8 cm³/mol. The van der Waals surface area contributed by atoms with Crippen molar-refractivity contribution in [1.29, 1.82) is 0 Å². The number of hydrogen-bond donors (Lipinski definition) is 0. The molecule has 1 aromatic carbocycles. The Labute approximate surface area is 98.8 Å². The van der Waals surface area contributed by atoms with Gasteiger partial charge in [-0.05, 0) is 24.1 Å². The van der Waals surface area contributed by atoms with Crippen LogP contribution >= 0.6 is 15.9 Å². The molecule has 0 saturated carbocycles. The second-order valence-corrected chi connectivity index (χ2v) is 4.07. The smallest absolute Gasteiger partial charge is 0.123 e. The second kappa shape index (κ2) is 6.96. The summed E-state index contributed by atoms with van der Waals surface area (Å²) in [4.78, 5) is 0. The Hall–Kier alpha value is -0.410. The lowest BCUT2D eigenvalue weighted by Crippen LogP contribution is -2.06. The first-order chi connectivity index (χ1) is 7.27. The van der Waals surface area contributed by atoms with Crippen molar-refractivity contribution in [3.05, 3.63) is 35.6 Å². The second-order valence-electron chi connectivity index (χ2n) is 3.42. The van der Waals surface area contributed by atoms with E-state index in [0.29, 0.717) is 0 Å². The first-order valence-corrected chi connectivity index (χ1v) is 6.33. The third-order valence-corrected chi connectivity index (χ3v) is 2.79. The van der Waals surface area contributed by atoms with Gasteiger partial charge < -0.3 is 4.74 Å². The van der Waals surface area contributed by atoms with Crippen LogP contribution in [0.3, 0.4) is 0 Å². The fourth-order valence-electron chi connectivity index (χ4n) is 1.28. The highest BCUT2D eigenvalue weighted by Crippen LogP contribution is 2.20. The number of ether oxygens (including phenoxy) is 1. The maximum Gasteiger partial charge on any atom is 0.123 e. The standard InChI is InChI=1S/C12H16BrFO/c1-2-3-8-15-12(9-13)10-4-6-11(14)7-5-10/h4-7,12H,2-3,8-9H2,1H3. The molecule has 1 unspecified atom stereocenters. The molecular formula is C12H16BrFO. The van der Waals surface area contributed by atoms with Crippen molar-refractivity contribution >= 4 is 15.9 Å². The highest BCUT2D eigenvalue weighted by Gasteiger charge is 2.09. The van der Waals surface area contributed by atoms with Crippen LogP contribution in [0.4, 0.5) is 4.39 Å². The Morgan fingerprint density at radius 2 is 2.00 bits per heavy atom. The van der Waals surface area contributed by atoms with Gasteiger partial charge in [-0.3, -0.25) is 0 Å². The molecule has 0 aliphatic heterocycles. The third kappa shape index (κ3) is 4.31. The maximum atomic E-state index is 12.7. The summed E-state index contributed by atoms with van der Waals surface area (Å²) in [5.41, 5.74) is 1.02. The summed E-state index contributed by atoms with van der Waals surface area (Å²) in [7, 11) is 0. The van der Waals surface area contributed by atoms with Crippen LogP contribution in [0.15, 0.2) is 24.3 Å². The van der Waals surface area contributed by atoms with Gasteiger partial charge in [-0.1, -0.05) is 41.4 Å². The Balaban J connectivity index is 2.53. The molecule has 1 atom stereocenters. The molecule has 0 heterocycles. The van der Waals surface area contributed by atoms with E-state index in [9.17, 15) is 4.39 Å². The predicted octanol–water partition coefficient (Wildman–Crippen LogP) is 4.08. The van der Waals surface area contributed by atoms with Crippen LogP contribution in [-0.4, -0.2) is 11.9 Å². The van der Waals surface area contributed by atoms with Gasteiger partial charge in [0.25, 0.3) is 0 Å². The highest BCUT2D eigenvalue weighted by molar-refractivity contribution is 9.09. The average Bonchev–Trinajstić information content (AvgIpc) is 2.26. The number of benzene rings is 1. The average molecular weight is 275 g/mol. The van der Waals surface area contributed by atoms with Crippen LogP contribution in [0.5, 0.6) is 0 Å². The first-order valence-electron chi connectivity index (χ1n) is 5.21. The Kier molecular flexibility index (Phi) is 5.88. The molecule has 3 heteroatoms. The van der Waals surface area contributed by atoms with Crippen LogP contribution in [0.1, 0.15) is 31.4 Å². The molecule has 84 valence electrons. The summed E-state index contributed by atoms with van der Waals surface area (Å²) in [6.45, 7) is 2.88. The number of halogens is 2. The Morgan fingerprint density at radius 3 is 2.53 bits per heavy atom. The van der Waals surface area contributed by atoms with E-state index in [2.05, 4.69) is 22.9 Å². The van der Waals surface area contributed by atoms with Crippen molar-refractivity contribution in [3.8, 4) is 0 Å². The van der Waals surface area contributed by atoms with Crippen molar-refractivity contribution in [1.82, 2.24) is 0 Å². The third-order valence-electron chi connectivity index (χ3n) is 2.20. The molecule has 0 aliphatic rings. The van der Waals surface area contributed by atoms with Crippen molar-refractivity contribution < 1.29 is 9.13 Å². The van der Waals surface area contributed by atoms with E-state index in [1.165, 1.54) is 12.1 Å². The largest absolute Gasteiger partial charge is 0.373 e. The normalized spacial score (nSPS) is 12.7. The van der Waals surface area contributed by atoms with Crippen LogP contribution < -0.4 is 0 Å². The van der Waals surface area contributed by atoms with E-state index in [0.717, 1.165) is 30.3 Å². The molecule has 0 aliphatic carbocycles. The molecule has 0 fully saturated rings. The van der Waals surface area contributed by atoms with Crippen molar-refractivity contribution in [2.24, 2.45) is 0 Å². The lowest BCUT2D eigenvalue weighted by atomic mass is 10.1. The number of rotatable bonds is 6. The van der Waals surface area contributed by atoms with Gasteiger partial charge in [0, 0.05) is 11.9 Å². The summed E-state index contributed by atoms with van der Waals surface area (Å²) in [6.07, 6.45) is 2.21. The zero-order valence-electron chi connectivity index (χ0n) is 8.88. The Morgan fingerprint density at radius 1 is 1.33 bits per heavy atom. The van der Waals surface area contributed by atoms with Gasteiger partial charge in [-0.25, -0.2) is 4.39 Å². The molecule has 0 aromatic heterocycles. The maximum absolute atomic E-state index is 12.7. The van der Waals surface area contributed by atoms with Gasteiger partial charge in [-0.2, -0.15) is 0 Å². The molecule has 1 rings (SSSR count). The van der Waals surface area contributed by atoms with Crippen molar-refractivity contribution in [2.75, 3.05) is 11.9 Å².